The maximum absolute atomic E-state index is 10.9. The molecule has 1 aliphatic rings. The van der Waals surface area contributed by atoms with Crippen molar-refractivity contribution in [2.45, 2.75) is 11.3 Å². The third kappa shape index (κ3) is 4.17. The summed E-state index contributed by atoms with van der Waals surface area (Å²) in [4.78, 5) is 20.4. The first-order valence-corrected chi connectivity index (χ1v) is 8.11. The Morgan fingerprint density at radius 2 is 2.11 bits per heavy atom. The molecule has 1 saturated heterocycles. The third-order valence-corrected chi connectivity index (χ3v) is 5.47. The zero-order chi connectivity index (χ0) is 13.8. The van der Waals surface area contributed by atoms with Gasteiger partial charge < -0.3 is 10.0 Å². The fourth-order valence-electron chi connectivity index (χ4n) is 1.97. The number of piperazine rings is 1. The van der Waals surface area contributed by atoms with Crippen molar-refractivity contribution in [1.82, 2.24) is 14.8 Å². The minimum absolute atomic E-state index is 0.363. The van der Waals surface area contributed by atoms with Gasteiger partial charge in [-0.15, -0.1) is 11.3 Å². The van der Waals surface area contributed by atoms with Crippen LogP contribution >= 0.6 is 23.1 Å². The second-order valence-electron chi connectivity index (χ2n) is 4.69. The normalized spacial score (nSPS) is 17.8. The largest absolute Gasteiger partial charge is 0.477 e. The van der Waals surface area contributed by atoms with Gasteiger partial charge in [0.15, 0.2) is 4.34 Å². The highest BCUT2D eigenvalue weighted by atomic mass is 32.2. The van der Waals surface area contributed by atoms with E-state index in [-0.39, 0.29) is 0 Å². The van der Waals surface area contributed by atoms with E-state index in [9.17, 15) is 4.79 Å². The van der Waals surface area contributed by atoms with Gasteiger partial charge in [-0.2, -0.15) is 0 Å². The highest BCUT2D eigenvalue weighted by Gasteiger charge is 2.16. The topological polar surface area (TPSA) is 56.7 Å². The zero-order valence-electron chi connectivity index (χ0n) is 11.3. The summed E-state index contributed by atoms with van der Waals surface area (Å²) in [6, 6.07) is 0. The first kappa shape index (κ1) is 14.8. The molecule has 0 radical (unpaired) electrons. The lowest BCUT2D eigenvalue weighted by Crippen LogP contribution is -2.45. The van der Waals surface area contributed by atoms with Crippen LogP contribution in [0.1, 0.15) is 15.4 Å². The lowest BCUT2D eigenvalue weighted by atomic mass is 10.3. The molecule has 2 heterocycles. The van der Waals surface area contributed by atoms with Crippen LogP contribution in [-0.2, 0) is 0 Å². The van der Waals surface area contributed by atoms with Crippen LogP contribution in [0.4, 0.5) is 0 Å². The van der Waals surface area contributed by atoms with Gasteiger partial charge in [-0.05, 0) is 14.0 Å². The standard InChI is InChI=1S/C12H19N3O2S2/c1-9-10(11(16)17)19-12(13-9)18-8-7-15-5-3-14(2)4-6-15/h3-8H2,1-2H3,(H,16,17). The van der Waals surface area contributed by atoms with Crippen molar-refractivity contribution >= 4 is 29.1 Å². The Bertz CT molecular complexity index is 442. The van der Waals surface area contributed by atoms with Crippen LogP contribution in [-0.4, -0.2) is 71.4 Å². The summed E-state index contributed by atoms with van der Waals surface area (Å²) in [5.74, 6) is 0.0938. The first-order chi connectivity index (χ1) is 9.06. The lowest BCUT2D eigenvalue weighted by Gasteiger charge is -2.32. The summed E-state index contributed by atoms with van der Waals surface area (Å²) in [7, 11) is 2.15. The Labute approximate surface area is 121 Å². The molecular weight excluding hydrogens is 282 g/mol. The number of hydrogen-bond acceptors (Lipinski definition) is 6. The van der Waals surface area contributed by atoms with Crippen LogP contribution in [0, 0.1) is 6.92 Å². The summed E-state index contributed by atoms with van der Waals surface area (Å²) in [6.45, 7) is 7.29. The number of aromatic nitrogens is 1. The Balaban J connectivity index is 1.76. The molecule has 1 aliphatic heterocycles. The number of aryl methyl sites for hydroxylation is 1. The van der Waals surface area contributed by atoms with Crippen molar-refractivity contribution in [3.8, 4) is 0 Å². The van der Waals surface area contributed by atoms with Crippen LogP contribution in [0.25, 0.3) is 0 Å². The molecule has 2 rings (SSSR count). The molecule has 5 nitrogen and oxygen atoms in total. The number of carbonyl (C=O) groups is 1. The second-order valence-corrected chi connectivity index (χ2v) is 7.03. The maximum Gasteiger partial charge on any atom is 0.347 e. The van der Waals surface area contributed by atoms with Gasteiger partial charge in [0.1, 0.15) is 4.88 Å². The van der Waals surface area contributed by atoms with E-state index < -0.39 is 5.97 Å². The SMILES string of the molecule is Cc1nc(SCCN2CCN(C)CC2)sc1C(=O)O. The molecule has 1 aromatic heterocycles. The van der Waals surface area contributed by atoms with Crippen LogP contribution in [0.15, 0.2) is 4.34 Å². The number of carboxylic acids is 1. The fraction of sp³-hybridized carbons (Fsp3) is 0.667. The highest BCUT2D eigenvalue weighted by molar-refractivity contribution is 8.01. The lowest BCUT2D eigenvalue weighted by molar-refractivity contribution is 0.0701. The highest BCUT2D eigenvalue weighted by Crippen LogP contribution is 2.27. The average Bonchev–Trinajstić information content (AvgIpc) is 2.73. The third-order valence-electron chi connectivity index (χ3n) is 3.20. The van der Waals surface area contributed by atoms with E-state index in [1.807, 2.05) is 0 Å². The van der Waals surface area contributed by atoms with E-state index in [4.69, 9.17) is 5.11 Å². The number of rotatable bonds is 5. The molecule has 0 aromatic carbocycles. The van der Waals surface area contributed by atoms with Crippen LogP contribution in [0.3, 0.4) is 0 Å². The maximum atomic E-state index is 10.9. The monoisotopic (exact) mass is 301 g/mol. The van der Waals surface area contributed by atoms with E-state index in [0.717, 1.165) is 42.8 Å². The molecule has 19 heavy (non-hydrogen) atoms. The van der Waals surface area contributed by atoms with Gasteiger partial charge in [0.2, 0.25) is 0 Å². The van der Waals surface area contributed by atoms with E-state index >= 15 is 0 Å². The van der Waals surface area contributed by atoms with E-state index in [0.29, 0.717) is 10.6 Å². The van der Waals surface area contributed by atoms with Crippen LogP contribution in [0.5, 0.6) is 0 Å². The average molecular weight is 301 g/mol. The molecule has 106 valence electrons. The molecule has 0 bridgehead atoms. The van der Waals surface area contributed by atoms with Gasteiger partial charge in [0.25, 0.3) is 0 Å². The quantitative estimate of drug-likeness (QED) is 0.832. The number of aromatic carboxylic acids is 1. The fourth-order valence-corrected chi connectivity index (χ4v) is 4.06. The molecule has 1 aromatic rings. The predicted molar refractivity (Wildman–Crippen MR) is 78.5 cm³/mol. The number of carboxylic acid groups (broad SMARTS) is 1. The van der Waals surface area contributed by atoms with Gasteiger partial charge >= 0.3 is 5.97 Å². The Hall–Kier alpha value is -0.630. The van der Waals surface area contributed by atoms with Crippen LogP contribution in [0.2, 0.25) is 0 Å². The summed E-state index contributed by atoms with van der Waals surface area (Å²) in [5, 5.41) is 8.98. The molecular formula is C12H19N3O2S2. The predicted octanol–water partition coefficient (Wildman–Crippen LogP) is 1.49. The van der Waals surface area contributed by atoms with E-state index in [2.05, 4.69) is 21.8 Å². The van der Waals surface area contributed by atoms with Crippen molar-refractivity contribution in [2.75, 3.05) is 45.5 Å². The molecule has 0 spiro atoms. The van der Waals surface area contributed by atoms with Crippen molar-refractivity contribution in [3.63, 3.8) is 0 Å². The van der Waals surface area contributed by atoms with Gasteiger partial charge in [-0.3, -0.25) is 4.90 Å². The van der Waals surface area contributed by atoms with Gasteiger partial charge in [-0.1, -0.05) is 11.8 Å². The van der Waals surface area contributed by atoms with Crippen molar-refractivity contribution < 1.29 is 9.90 Å². The minimum atomic E-state index is -0.874. The van der Waals surface area contributed by atoms with E-state index in [1.165, 1.54) is 11.3 Å². The Morgan fingerprint density at radius 3 is 2.68 bits per heavy atom. The number of hydrogen-bond donors (Lipinski definition) is 1. The number of nitrogens with zero attached hydrogens (tertiary/aromatic N) is 3. The summed E-state index contributed by atoms with van der Waals surface area (Å²) in [5.41, 5.74) is 0.625. The van der Waals surface area contributed by atoms with Crippen molar-refractivity contribution in [1.29, 1.82) is 0 Å². The van der Waals surface area contributed by atoms with Gasteiger partial charge in [0, 0.05) is 38.5 Å². The Kier molecular flexibility index (Phi) is 5.20. The molecule has 0 unspecified atom stereocenters. The summed E-state index contributed by atoms with van der Waals surface area (Å²) < 4.78 is 0.865. The number of likely N-dealkylation sites (N-methyl/N-ethyl adjacent to an activating group) is 1. The molecule has 1 N–H and O–H groups in total. The summed E-state index contributed by atoms with van der Waals surface area (Å²) >= 11 is 2.94. The molecule has 1 fully saturated rings. The summed E-state index contributed by atoms with van der Waals surface area (Å²) in [6.07, 6.45) is 0. The van der Waals surface area contributed by atoms with E-state index in [1.54, 1.807) is 18.7 Å². The van der Waals surface area contributed by atoms with Crippen molar-refractivity contribution in [3.05, 3.63) is 10.6 Å². The molecule has 0 amide bonds. The zero-order valence-corrected chi connectivity index (χ0v) is 12.9. The molecule has 7 heteroatoms. The smallest absolute Gasteiger partial charge is 0.347 e. The Morgan fingerprint density at radius 1 is 1.42 bits per heavy atom. The van der Waals surface area contributed by atoms with Crippen LogP contribution < -0.4 is 0 Å². The van der Waals surface area contributed by atoms with Gasteiger partial charge in [0.05, 0.1) is 5.69 Å². The van der Waals surface area contributed by atoms with Gasteiger partial charge in [-0.25, -0.2) is 9.78 Å². The van der Waals surface area contributed by atoms with Crippen molar-refractivity contribution in [2.24, 2.45) is 0 Å². The minimum Gasteiger partial charge on any atom is -0.477 e. The molecule has 0 saturated carbocycles. The molecule has 0 atom stereocenters. The molecule has 0 aliphatic carbocycles. The second kappa shape index (κ2) is 6.69. The number of thioether (sulfide) groups is 1. The first-order valence-electron chi connectivity index (χ1n) is 6.30. The number of thiazole rings is 1.